The van der Waals surface area contributed by atoms with Crippen molar-refractivity contribution in [2.75, 3.05) is 18.1 Å². The highest BCUT2D eigenvalue weighted by atomic mass is 32.2. The Morgan fingerprint density at radius 2 is 2.00 bits per heavy atom. The molecule has 0 atom stereocenters. The van der Waals surface area contributed by atoms with Gasteiger partial charge in [0.05, 0.1) is 11.5 Å². The number of amides is 1. The maximum Gasteiger partial charge on any atom is 0.221 e. The second-order valence-electron chi connectivity index (χ2n) is 3.89. The summed E-state index contributed by atoms with van der Waals surface area (Å²) < 4.78 is 22.7. The van der Waals surface area contributed by atoms with Crippen LogP contribution in [-0.4, -0.2) is 38.4 Å². The fraction of sp³-hybridized carbons (Fsp3) is 0.889. The van der Waals surface area contributed by atoms with Gasteiger partial charge in [-0.05, 0) is 25.8 Å². The van der Waals surface area contributed by atoms with Gasteiger partial charge in [0.25, 0.3) is 0 Å². The molecule has 5 nitrogen and oxygen atoms in total. The van der Waals surface area contributed by atoms with E-state index in [0.717, 1.165) is 12.8 Å². The van der Waals surface area contributed by atoms with E-state index in [1.165, 1.54) is 0 Å². The Balaban J connectivity index is 2.18. The van der Waals surface area contributed by atoms with Gasteiger partial charge in [-0.25, -0.2) is 8.42 Å². The van der Waals surface area contributed by atoms with Crippen molar-refractivity contribution < 1.29 is 13.2 Å². The summed E-state index contributed by atoms with van der Waals surface area (Å²) in [4.78, 5) is 11.2. The van der Waals surface area contributed by atoms with Crippen LogP contribution in [-0.2, 0) is 14.6 Å². The van der Waals surface area contributed by atoms with Crippen LogP contribution in [0.15, 0.2) is 0 Å². The molecule has 0 spiro atoms. The zero-order valence-corrected chi connectivity index (χ0v) is 9.55. The van der Waals surface area contributed by atoms with Crippen LogP contribution >= 0.6 is 0 Å². The van der Waals surface area contributed by atoms with Crippen LogP contribution in [0.25, 0.3) is 0 Å². The fourth-order valence-corrected chi connectivity index (χ4v) is 2.49. The third kappa shape index (κ3) is 5.74. The van der Waals surface area contributed by atoms with E-state index >= 15 is 0 Å². The van der Waals surface area contributed by atoms with Gasteiger partial charge in [-0.2, -0.15) is 0 Å². The van der Waals surface area contributed by atoms with Crippen LogP contribution in [0.3, 0.4) is 0 Å². The molecule has 0 aliphatic heterocycles. The Morgan fingerprint density at radius 1 is 1.33 bits per heavy atom. The van der Waals surface area contributed by atoms with E-state index in [2.05, 4.69) is 5.32 Å². The summed E-state index contributed by atoms with van der Waals surface area (Å²) in [6, 6.07) is 0.296. The molecule has 0 bridgehead atoms. The molecule has 1 rings (SSSR count). The number of rotatable bonds is 7. The standard InChI is InChI=1S/C9H18N2O3S/c10-5-1-6-15(13,14)7-4-9(12)11-8-2-3-8/h8H,1-7,10H2,(H,11,12). The summed E-state index contributed by atoms with van der Waals surface area (Å²) in [5.41, 5.74) is 5.22. The van der Waals surface area contributed by atoms with Crippen LogP contribution in [0.5, 0.6) is 0 Å². The monoisotopic (exact) mass is 234 g/mol. The summed E-state index contributed by atoms with van der Waals surface area (Å²) in [6.45, 7) is 0.369. The van der Waals surface area contributed by atoms with Crippen molar-refractivity contribution in [3.05, 3.63) is 0 Å². The van der Waals surface area contributed by atoms with Crippen molar-refractivity contribution in [2.45, 2.75) is 31.7 Å². The number of nitrogens with two attached hydrogens (primary N) is 1. The molecule has 0 radical (unpaired) electrons. The van der Waals surface area contributed by atoms with Gasteiger partial charge in [0, 0.05) is 12.5 Å². The summed E-state index contributed by atoms with van der Waals surface area (Å²) in [5.74, 6) is -0.139. The average Bonchev–Trinajstić information content (AvgIpc) is 2.96. The molecule has 15 heavy (non-hydrogen) atoms. The van der Waals surface area contributed by atoms with Crippen molar-refractivity contribution in [3.63, 3.8) is 0 Å². The molecule has 1 amide bonds. The molecular formula is C9H18N2O3S. The first-order valence-corrected chi connectivity index (χ1v) is 7.05. The second kappa shape index (κ2) is 5.46. The molecule has 1 saturated carbocycles. The normalized spacial score (nSPS) is 16.3. The van der Waals surface area contributed by atoms with Crippen molar-refractivity contribution in [2.24, 2.45) is 5.73 Å². The first-order chi connectivity index (χ1) is 7.03. The van der Waals surface area contributed by atoms with Crippen molar-refractivity contribution in [1.82, 2.24) is 5.32 Å². The zero-order chi connectivity index (χ0) is 11.3. The summed E-state index contributed by atoms with van der Waals surface area (Å²) in [6.07, 6.45) is 2.58. The molecule has 1 aliphatic carbocycles. The molecular weight excluding hydrogens is 216 g/mol. The van der Waals surface area contributed by atoms with Gasteiger partial charge < -0.3 is 11.1 Å². The molecule has 6 heteroatoms. The van der Waals surface area contributed by atoms with E-state index in [0.29, 0.717) is 19.0 Å². The Labute approximate surface area is 90.3 Å². The van der Waals surface area contributed by atoms with Crippen LogP contribution in [0.4, 0.5) is 0 Å². The van der Waals surface area contributed by atoms with E-state index < -0.39 is 9.84 Å². The van der Waals surface area contributed by atoms with Gasteiger partial charge in [0.15, 0.2) is 9.84 Å². The summed E-state index contributed by atoms with van der Waals surface area (Å²) in [5, 5.41) is 2.75. The Kier molecular flexibility index (Phi) is 4.53. The fourth-order valence-electron chi connectivity index (χ4n) is 1.18. The molecule has 0 unspecified atom stereocenters. The number of carbonyl (C=O) groups excluding carboxylic acids is 1. The van der Waals surface area contributed by atoms with Gasteiger partial charge in [-0.3, -0.25) is 4.79 Å². The van der Waals surface area contributed by atoms with E-state index in [9.17, 15) is 13.2 Å². The van der Waals surface area contributed by atoms with Gasteiger partial charge in [-0.15, -0.1) is 0 Å². The maximum atomic E-state index is 11.4. The lowest BCUT2D eigenvalue weighted by atomic mass is 10.4. The molecule has 0 heterocycles. The SMILES string of the molecule is NCCCS(=O)(=O)CCC(=O)NC1CC1. The van der Waals surface area contributed by atoms with Crippen molar-refractivity contribution >= 4 is 15.7 Å². The number of sulfone groups is 1. The highest BCUT2D eigenvalue weighted by Crippen LogP contribution is 2.18. The number of hydrogen-bond donors (Lipinski definition) is 2. The first kappa shape index (κ1) is 12.4. The highest BCUT2D eigenvalue weighted by molar-refractivity contribution is 7.91. The third-order valence-electron chi connectivity index (χ3n) is 2.24. The second-order valence-corrected chi connectivity index (χ2v) is 6.19. The van der Waals surface area contributed by atoms with E-state index in [4.69, 9.17) is 5.73 Å². The van der Waals surface area contributed by atoms with Gasteiger partial charge >= 0.3 is 0 Å². The number of carbonyl (C=O) groups is 1. The minimum absolute atomic E-state index is 0.0639. The Morgan fingerprint density at radius 3 is 2.53 bits per heavy atom. The average molecular weight is 234 g/mol. The topological polar surface area (TPSA) is 89.3 Å². The Hall–Kier alpha value is -0.620. The zero-order valence-electron chi connectivity index (χ0n) is 8.74. The van der Waals surface area contributed by atoms with Crippen LogP contribution < -0.4 is 11.1 Å². The molecule has 88 valence electrons. The quantitative estimate of drug-likeness (QED) is 0.616. The predicted molar refractivity (Wildman–Crippen MR) is 58.1 cm³/mol. The van der Waals surface area contributed by atoms with Gasteiger partial charge in [-0.1, -0.05) is 0 Å². The first-order valence-electron chi connectivity index (χ1n) is 5.23. The lowest BCUT2D eigenvalue weighted by molar-refractivity contribution is -0.120. The Bertz CT molecular complexity index is 309. The molecule has 0 saturated heterocycles. The van der Waals surface area contributed by atoms with Gasteiger partial charge in [0.2, 0.25) is 5.91 Å². The van der Waals surface area contributed by atoms with E-state index in [1.807, 2.05) is 0 Å². The van der Waals surface area contributed by atoms with Gasteiger partial charge in [0.1, 0.15) is 0 Å². The van der Waals surface area contributed by atoms with Crippen molar-refractivity contribution in [3.8, 4) is 0 Å². The van der Waals surface area contributed by atoms with Crippen LogP contribution in [0.2, 0.25) is 0 Å². The summed E-state index contributed by atoms with van der Waals surface area (Å²) in [7, 11) is -3.10. The minimum atomic E-state index is -3.10. The molecule has 1 fully saturated rings. The number of hydrogen-bond acceptors (Lipinski definition) is 4. The molecule has 0 aromatic rings. The molecule has 0 aromatic carbocycles. The van der Waals surface area contributed by atoms with E-state index in [1.54, 1.807) is 0 Å². The lowest BCUT2D eigenvalue weighted by Crippen LogP contribution is -2.28. The van der Waals surface area contributed by atoms with Crippen molar-refractivity contribution in [1.29, 1.82) is 0 Å². The maximum absolute atomic E-state index is 11.4. The minimum Gasteiger partial charge on any atom is -0.353 e. The van der Waals surface area contributed by atoms with Crippen LogP contribution in [0, 0.1) is 0 Å². The van der Waals surface area contributed by atoms with Crippen LogP contribution in [0.1, 0.15) is 25.7 Å². The smallest absolute Gasteiger partial charge is 0.221 e. The molecule has 0 aromatic heterocycles. The molecule has 1 aliphatic rings. The highest BCUT2D eigenvalue weighted by Gasteiger charge is 2.23. The lowest BCUT2D eigenvalue weighted by Gasteiger charge is -2.04. The number of nitrogens with one attached hydrogen (secondary N) is 1. The summed E-state index contributed by atoms with van der Waals surface area (Å²) >= 11 is 0. The largest absolute Gasteiger partial charge is 0.353 e. The predicted octanol–water partition coefficient (Wildman–Crippen LogP) is -0.581. The third-order valence-corrected chi connectivity index (χ3v) is 3.98. The van der Waals surface area contributed by atoms with E-state index in [-0.39, 0.29) is 23.8 Å². The molecule has 3 N–H and O–H groups in total.